The van der Waals surface area contributed by atoms with Gasteiger partial charge in [-0.25, -0.2) is 0 Å². The highest BCUT2D eigenvalue weighted by atomic mass is 16.5. The van der Waals surface area contributed by atoms with Gasteiger partial charge in [0.05, 0.1) is 5.92 Å². The summed E-state index contributed by atoms with van der Waals surface area (Å²) in [6.45, 7) is 11.6. The molecule has 20 heavy (non-hydrogen) atoms. The average molecular weight is 281 g/mol. The lowest BCUT2D eigenvalue weighted by atomic mass is 9.70. The van der Waals surface area contributed by atoms with Gasteiger partial charge in [0.25, 0.3) is 0 Å². The maximum absolute atomic E-state index is 12.4. The van der Waals surface area contributed by atoms with Crippen LogP contribution in [-0.2, 0) is 9.53 Å². The van der Waals surface area contributed by atoms with Crippen molar-refractivity contribution in [1.82, 2.24) is 0 Å². The fourth-order valence-corrected chi connectivity index (χ4v) is 4.40. The van der Waals surface area contributed by atoms with E-state index in [0.29, 0.717) is 18.4 Å². The largest absolute Gasteiger partial charge is 0.462 e. The summed E-state index contributed by atoms with van der Waals surface area (Å²) in [6, 6.07) is 0. The van der Waals surface area contributed by atoms with E-state index in [-0.39, 0.29) is 28.8 Å². The number of carbonyl (C=O) groups excluding carboxylic acids is 1. The molecule has 2 aliphatic rings. The van der Waals surface area contributed by atoms with E-state index in [9.17, 15) is 4.79 Å². The van der Waals surface area contributed by atoms with Crippen LogP contribution in [0.3, 0.4) is 0 Å². The lowest BCUT2D eigenvalue weighted by Gasteiger charge is -2.38. The van der Waals surface area contributed by atoms with Crippen LogP contribution in [0.5, 0.6) is 0 Å². The summed E-state index contributed by atoms with van der Waals surface area (Å²) in [6.07, 6.45) is 4.41. The van der Waals surface area contributed by atoms with E-state index in [2.05, 4.69) is 34.6 Å². The van der Waals surface area contributed by atoms with Crippen molar-refractivity contribution in [2.45, 2.75) is 66.4 Å². The minimum atomic E-state index is -0.138. The van der Waals surface area contributed by atoms with E-state index in [4.69, 9.17) is 10.5 Å². The fraction of sp³-hybridized carbons (Fsp3) is 0.941. The predicted octanol–water partition coefficient (Wildman–Crippen LogP) is 3.37. The van der Waals surface area contributed by atoms with Crippen molar-refractivity contribution in [3.05, 3.63) is 0 Å². The Hall–Kier alpha value is -0.570. The topological polar surface area (TPSA) is 52.3 Å². The molecule has 4 atom stereocenters. The molecule has 0 saturated heterocycles. The molecule has 0 heterocycles. The number of nitrogens with two attached hydrogens (primary N) is 1. The molecule has 4 unspecified atom stereocenters. The highest BCUT2D eigenvalue weighted by Crippen LogP contribution is 2.66. The lowest BCUT2D eigenvalue weighted by molar-refractivity contribution is -0.162. The van der Waals surface area contributed by atoms with Gasteiger partial charge in [-0.05, 0) is 42.9 Å². The van der Waals surface area contributed by atoms with Crippen molar-refractivity contribution in [2.24, 2.45) is 34.3 Å². The zero-order valence-corrected chi connectivity index (χ0v) is 13.7. The summed E-state index contributed by atoms with van der Waals surface area (Å²) in [5, 5.41) is 0. The van der Waals surface area contributed by atoms with E-state index in [0.717, 1.165) is 12.8 Å². The van der Waals surface area contributed by atoms with E-state index in [1.165, 1.54) is 12.8 Å². The normalized spacial score (nSPS) is 36.4. The average Bonchev–Trinajstić information content (AvgIpc) is 2.68. The maximum atomic E-state index is 12.4. The number of carbonyl (C=O) groups is 1. The molecule has 2 aliphatic carbocycles. The molecule has 2 saturated carbocycles. The summed E-state index contributed by atoms with van der Waals surface area (Å²) in [4.78, 5) is 12.4. The minimum absolute atomic E-state index is 0.0734. The molecule has 2 fully saturated rings. The standard InChI is InChI=1S/C17H31NO2/c1-11(2)8-12(10-18)15(19)20-14-9-13-6-7-17(14,5)16(13,3)4/h11-14H,6-10,18H2,1-5H3. The first-order valence-electron chi connectivity index (χ1n) is 8.13. The van der Waals surface area contributed by atoms with E-state index in [1.54, 1.807) is 0 Å². The fourth-order valence-electron chi connectivity index (χ4n) is 4.40. The zero-order chi connectivity index (χ0) is 15.1. The molecule has 0 amide bonds. The third-order valence-electron chi connectivity index (χ3n) is 6.35. The predicted molar refractivity (Wildman–Crippen MR) is 81.1 cm³/mol. The highest BCUT2D eigenvalue weighted by molar-refractivity contribution is 5.73. The van der Waals surface area contributed by atoms with Crippen LogP contribution in [0.25, 0.3) is 0 Å². The van der Waals surface area contributed by atoms with Gasteiger partial charge in [0, 0.05) is 12.0 Å². The minimum Gasteiger partial charge on any atom is -0.462 e. The molecule has 3 nitrogen and oxygen atoms in total. The van der Waals surface area contributed by atoms with Crippen LogP contribution >= 0.6 is 0 Å². The molecule has 3 heteroatoms. The lowest BCUT2D eigenvalue weighted by Crippen LogP contribution is -2.40. The van der Waals surface area contributed by atoms with Gasteiger partial charge in [0.1, 0.15) is 6.10 Å². The first-order chi connectivity index (χ1) is 9.22. The Morgan fingerprint density at radius 1 is 1.35 bits per heavy atom. The Bertz CT molecular complexity index is 377. The Morgan fingerprint density at radius 2 is 2.00 bits per heavy atom. The van der Waals surface area contributed by atoms with Crippen LogP contribution in [0, 0.1) is 28.6 Å². The summed E-state index contributed by atoms with van der Waals surface area (Å²) in [7, 11) is 0. The van der Waals surface area contributed by atoms with Gasteiger partial charge in [-0.3, -0.25) is 4.79 Å². The molecule has 2 bridgehead atoms. The number of rotatable bonds is 5. The zero-order valence-electron chi connectivity index (χ0n) is 13.7. The summed E-state index contributed by atoms with van der Waals surface area (Å²) >= 11 is 0. The number of hydrogen-bond donors (Lipinski definition) is 1. The maximum Gasteiger partial charge on any atom is 0.310 e. The summed E-state index contributed by atoms with van der Waals surface area (Å²) in [5.74, 6) is 0.964. The molecule has 2 rings (SSSR count). The van der Waals surface area contributed by atoms with Gasteiger partial charge >= 0.3 is 5.97 Å². The van der Waals surface area contributed by atoms with Gasteiger partial charge in [0.2, 0.25) is 0 Å². The second-order valence-electron chi connectivity index (χ2n) is 8.10. The molecular weight excluding hydrogens is 250 g/mol. The van der Waals surface area contributed by atoms with Gasteiger partial charge in [0.15, 0.2) is 0 Å². The monoisotopic (exact) mass is 281 g/mol. The van der Waals surface area contributed by atoms with E-state index in [1.807, 2.05) is 0 Å². The number of esters is 1. The van der Waals surface area contributed by atoms with Crippen molar-refractivity contribution in [1.29, 1.82) is 0 Å². The van der Waals surface area contributed by atoms with Gasteiger partial charge < -0.3 is 10.5 Å². The van der Waals surface area contributed by atoms with Crippen LogP contribution < -0.4 is 5.73 Å². The molecule has 0 aromatic rings. The van der Waals surface area contributed by atoms with Gasteiger partial charge in [-0.1, -0.05) is 34.6 Å². The third-order valence-corrected chi connectivity index (χ3v) is 6.35. The summed E-state index contributed by atoms with van der Waals surface area (Å²) < 4.78 is 5.92. The molecule has 0 aliphatic heterocycles. The third kappa shape index (κ3) is 2.38. The molecule has 0 radical (unpaired) electrons. The Labute approximate surface area is 123 Å². The molecule has 0 aromatic carbocycles. The van der Waals surface area contributed by atoms with Crippen LogP contribution in [0.2, 0.25) is 0 Å². The Morgan fingerprint density at radius 3 is 2.40 bits per heavy atom. The highest BCUT2D eigenvalue weighted by Gasteiger charge is 2.62. The Balaban J connectivity index is 2.03. The second-order valence-corrected chi connectivity index (χ2v) is 8.10. The number of fused-ring (bicyclic) bond motifs is 2. The second kappa shape index (κ2) is 5.32. The first-order valence-corrected chi connectivity index (χ1v) is 8.13. The first kappa shape index (κ1) is 15.8. The van der Waals surface area contributed by atoms with Gasteiger partial charge in [-0.15, -0.1) is 0 Å². The van der Waals surface area contributed by atoms with Crippen LogP contribution in [0.4, 0.5) is 0 Å². The smallest absolute Gasteiger partial charge is 0.310 e. The van der Waals surface area contributed by atoms with Gasteiger partial charge in [-0.2, -0.15) is 0 Å². The quantitative estimate of drug-likeness (QED) is 0.786. The molecule has 2 N–H and O–H groups in total. The Kier molecular flexibility index (Phi) is 4.21. The van der Waals surface area contributed by atoms with Crippen molar-refractivity contribution in [3.63, 3.8) is 0 Å². The number of ether oxygens (including phenoxy) is 1. The van der Waals surface area contributed by atoms with E-state index < -0.39 is 0 Å². The van der Waals surface area contributed by atoms with E-state index >= 15 is 0 Å². The van der Waals surface area contributed by atoms with Crippen LogP contribution in [0.1, 0.15) is 60.3 Å². The SMILES string of the molecule is CC(C)CC(CN)C(=O)OC1CC2CCC1(C)C2(C)C. The van der Waals surface area contributed by atoms with Crippen molar-refractivity contribution < 1.29 is 9.53 Å². The van der Waals surface area contributed by atoms with Crippen LogP contribution in [-0.4, -0.2) is 18.6 Å². The van der Waals surface area contributed by atoms with Crippen molar-refractivity contribution in [3.8, 4) is 0 Å². The van der Waals surface area contributed by atoms with Crippen LogP contribution in [0.15, 0.2) is 0 Å². The molecular formula is C17H31NO2. The van der Waals surface area contributed by atoms with Crippen molar-refractivity contribution >= 4 is 5.97 Å². The number of hydrogen-bond acceptors (Lipinski definition) is 3. The molecule has 0 aromatic heterocycles. The summed E-state index contributed by atoms with van der Waals surface area (Å²) in [5.41, 5.74) is 6.19. The van der Waals surface area contributed by atoms with Crippen molar-refractivity contribution in [2.75, 3.05) is 6.54 Å². The molecule has 0 spiro atoms. The molecule has 116 valence electrons.